The molecular formula is C9H18F2N2. The molecule has 0 spiro atoms. The summed E-state index contributed by atoms with van der Waals surface area (Å²) in [6.45, 7) is 4.87. The maximum Gasteiger partial charge on any atom is 0.261 e. The zero-order valence-electron chi connectivity index (χ0n) is 8.26. The number of likely N-dealkylation sites (tertiary alicyclic amines) is 1. The maximum atomic E-state index is 12.9. The molecule has 2 N–H and O–H groups in total. The smallest absolute Gasteiger partial charge is 0.261 e. The Kier molecular flexibility index (Phi) is 3.24. The number of nitrogens with zero attached hydrogens (tertiary/aromatic N) is 1. The molecule has 1 unspecified atom stereocenters. The predicted molar refractivity (Wildman–Crippen MR) is 48.8 cm³/mol. The van der Waals surface area contributed by atoms with E-state index in [1.165, 1.54) is 0 Å². The Hall–Kier alpha value is -0.220. The second kappa shape index (κ2) is 3.88. The summed E-state index contributed by atoms with van der Waals surface area (Å²) in [6.07, 6.45) is -0.0176. The van der Waals surface area contributed by atoms with Crippen LogP contribution in [0.3, 0.4) is 0 Å². The Morgan fingerprint density at radius 3 is 2.38 bits per heavy atom. The quantitative estimate of drug-likeness (QED) is 0.730. The molecule has 1 rings (SSSR count). The number of alkyl halides is 2. The van der Waals surface area contributed by atoms with Crippen molar-refractivity contribution in [3.63, 3.8) is 0 Å². The largest absolute Gasteiger partial charge is 0.329 e. The Balaban J connectivity index is 2.53. The van der Waals surface area contributed by atoms with E-state index in [9.17, 15) is 8.78 Å². The van der Waals surface area contributed by atoms with Crippen LogP contribution in [0, 0.1) is 5.92 Å². The van der Waals surface area contributed by atoms with Crippen LogP contribution < -0.4 is 5.73 Å². The van der Waals surface area contributed by atoms with Crippen LogP contribution in [0.2, 0.25) is 0 Å². The van der Waals surface area contributed by atoms with Gasteiger partial charge in [-0.05, 0) is 5.92 Å². The van der Waals surface area contributed by atoms with Crippen molar-refractivity contribution in [2.45, 2.75) is 32.2 Å². The van der Waals surface area contributed by atoms with E-state index in [4.69, 9.17) is 5.73 Å². The molecule has 0 aliphatic carbocycles. The lowest BCUT2D eigenvalue weighted by Gasteiger charge is -2.29. The third kappa shape index (κ3) is 2.61. The van der Waals surface area contributed by atoms with Crippen LogP contribution in [0.15, 0.2) is 0 Å². The first-order chi connectivity index (χ1) is 5.96. The highest BCUT2D eigenvalue weighted by molar-refractivity contribution is 4.87. The van der Waals surface area contributed by atoms with Crippen molar-refractivity contribution in [2.75, 3.05) is 19.6 Å². The van der Waals surface area contributed by atoms with Gasteiger partial charge in [0.05, 0.1) is 6.54 Å². The Morgan fingerprint density at radius 1 is 1.46 bits per heavy atom. The molecule has 1 atom stereocenters. The van der Waals surface area contributed by atoms with Gasteiger partial charge < -0.3 is 5.73 Å². The van der Waals surface area contributed by atoms with Gasteiger partial charge in [-0.25, -0.2) is 8.78 Å². The summed E-state index contributed by atoms with van der Waals surface area (Å²) in [5, 5.41) is 0. The fourth-order valence-corrected chi connectivity index (χ4v) is 1.89. The van der Waals surface area contributed by atoms with Crippen molar-refractivity contribution in [3.8, 4) is 0 Å². The highest BCUT2D eigenvalue weighted by Crippen LogP contribution is 2.29. The summed E-state index contributed by atoms with van der Waals surface area (Å²) in [4.78, 5) is 1.81. The van der Waals surface area contributed by atoms with Crippen LogP contribution in [-0.2, 0) is 0 Å². The molecule has 1 aliphatic rings. The van der Waals surface area contributed by atoms with Crippen molar-refractivity contribution in [1.29, 1.82) is 0 Å². The molecule has 0 bridgehead atoms. The van der Waals surface area contributed by atoms with E-state index < -0.39 is 5.92 Å². The van der Waals surface area contributed by atoms with Gasteiger partial charge in [0, 0.05) is 25.6 Å². The first kappa shape index (κ1) is 10.9. The van der Waals surface area contributed by atoms with Gasteiger partial charge >= 0.3 is 0 Å². The van der Waals surface area contributed by atoms with Crippen LogP contribution in [0.1, 0.15) is 20.3 Å². The van der Waals surface area contributed by atoms with E-state index in [1.807, 2.05) is 18.7 Å². The van der Waals surface area contributed by atoms with E-state index in [0.29, 0.717) is 19.0 Å². The highest BCUT2D eigenvalue weighted by atomic mass is 19.3. The van der Waals surface area contributed by atoms with Gasteiger partial charge in [-0.15, -0.1) is 0 Å². The average molecular weight is 192 g/mol. The summed E-state index contributed by atoms with van der Waals surface area (Å²) >= 11 is 0. The molecule has 1 fully saturated rings. The molecule has 0 aromatic rings. The van der Waals surface area contributed by atoms with Gasteiger partial charge in [0.2, 0.25) is 0 Å². The minimum atomic E-state index is -2.50. The monoisotopic (exact) mass is 192 g/mol. The summed E-state index contributed by atoms with van der Waals surface area (Å²) in [5.41, 5.74) is 5.56. The Labute approximate surface area is 78.1 Å². The standard InChI is InChI=1S/C9H18F2N2/c1-7(2)8(5-12)13-4-3-9(10,11)6-13/h7-8H,3-6,12H2,1-2H3. The van der Waals surface area contributed by atoms with Crippen LogP contribution in [0.5, 0.6) is 0 Å². The molecule has 0 aromatic carbocycles. The molecule has 2 nitrogen and oxygen atoms in total. The minimum Gasteiger partial charge on any atom is -0.329 e. The number of halogens is 2. The summed E-state index contributed by atoms with van der Waals surface area (Å²) in [7, 11) is 0. The van der Waals surface area contributed by atoms with Crippen molar-refractivity contribution in [2.24, 2.45) is 11.7 Å². The van der Waals surface area contributed by atoms with Crippen LogP contribution in [-0.4, -0.2) is 36.5 Å². The molecule has 1 aliphatic heterocycles. The van der Waals surface area contributed by atoms with Gasteiger partial charge in [0.1, 0.15) is 0 Å². The lowest BCUT2D eigenvalue weighted by Crippen LogP contribution is -2.43. The third-order valence-corrected chi connectivity index (χ3v) is 2.68. The van der Waals surface area contributed by atoms with E-state index in [2.05, 4.69) is 0 Å². The number of rotatable bonds is 3. The van der Waals surface area contributed by atoms with Gasteiger partial charge in [-0.1, -0.05) is 13.8 Å². The van der Waals surface area contributed by atoms with Crippen molar-refractivity contribution in [3.05, 3.63) is 0 Å². The van der Waals surface area contributed by atoms with Crippen molar-refractivity contribution < 1.29 is 8.78 Å². The van der Waals surface area contributed by atoms with E-state index >= 15 is 0 Å². The van der Waals surface area contributed by atoms with Gasteiger partial charge in [-0.3, -0.25) is 4.90 Å². The molecule has 0 aromatic heterocycles. The zero-order valence-corrected chi connectivity index (χ0v) is 8.26. The molecule has 0 saturated carbocycles. The van der Waals surface area contributed by atoms with Crippen molar-refractivity contribution >= 4 is 0 Å². The van der Waals surface area contributed by atoms with E-state index in [1.54, 1.807) is 0 Å². The summed E-state index contributed by atoms with van der Waals surface area (Å²) < 4.78 is 25.7. The zero-order chi connectivity index (χ0) is 10.1. The Bertz CT molecular complexity index is 171. The first-order valence-corrected chi connectivity index (χ1v) is 4.78. The maximum absolute atomic E-state index is 12.9. The van der Waals surface area contributed by atoms with Crippen LogP contribution >= 0.6 is 0 Å². The molecule has 0 amide bonds. The fraction of sp³-hybridized carbons (Fsp3) is 1.00. The highest BCUT2D eigenvalue weighted by Gasteiger charge is 2.40. The number of hydrogen-bond donors (Lipinski definition) is 1. The SMILES string of the molecule is CC(C)C(CN)N1CCC(F)(F)C1. The topological polar surface area (TPSA) is 29.3 Å². The van der Waals surface area contributed by atoms with Gasteiger partial charge in [0.25, 0.3) is 5.92 Å². The molecule has 78 valence electrons. The summed E-state index contributed by atoms with van der Waals surface area (Å²) in [5.74, 6) is -2.15. The van der Waals surface area contributed by atoms with Crippen LogP contribution in [0.25, 0.3) is 0 Å². The lowest BCUT2D eigenvalue weighted by atomic mass is 10.0. The molecule has 4 heteroatoms. The molecular weight excluding hydrogens is 174 g/mol. The predicted octanol–water partition coefficient (Wildman–Crippen LogP) is 1.31. The normalized spacial score (nSPS) is 25.4. The Morgan fingerprint density at radius 2 is 2.08 bits per heavy atom. The van der Waals surface area contributed by atoms with Crippen molar-refractivity contribution in [1.82, 2.24) is 4.90 Å². The first-order valence-electron chi connectivity index (χ1n) is 4.78. The van der Waals surface area contributed by atoms with Gasteiger partial charge in [0.15, 0.2) is 0 Å². The van der Waals surface area contributed by atoms with E-state index in [-0.39, 0.29) is 19.0 Å². The minimum absolute atomic E-state index is 0.0176. The van der Waals surface area contributed by atoms with Crippen LogP contribution in [0.4, 0.5) is 8.78 Å². The van der Waals surface area contributed by atoms with E-state index in [0.717, 1.165) is 0 Å². The molecule has 13 heavy (non-hydrogen) atoms. The molecule has 1 heterocycles. The molecule has 0 radical (unpaired) electrons. The summed E-state index contributed by atoms with van der Waals surface area (Å²) in [6, 6.07) is 0.105. The average Bonchev–Trinajstić information content (AvgIpc) is 2.31. The second-order valence-corrected chi connectivity index (χ2v) is 4.12. The second-order valence-electron chi connectivity index (χ2n) is 4.12. The van der Waals surface area contributed by atoms with Gasteiger partial charge in [-0.2, -0.15) is 0 Å². The third-order valence-electron chi connectivity index (χ3n) is 2.68. The number of hydrogen-bond acceptors (Lipinski definition) is 2. The molecule has 1 saturated heterocycles. The lowest BCUT2D eigenvalue weighted by molar-refractivity contribution is 0.00557. The fourth-order valence-electron chi connectivity index (χ4n) is 1.89. The number of nitrogens with two attached hydrogens (primary N) is 1.